The quantitative estimate of drug-likeness (QED) is 0.246. The van der Waals surface area contributed by atoms with Crippen molar-refractivity contribution in [1.29, 1.82) is 0 Å². The lowest BCUT2D eigenvalue weighted by molar-refractivity contribution is -0.118. The van der Waals surface area contributed by atoms with Crippen LogP contribution in [-0.2, 0) is 4.79 Å². The molecule has 3 aromatic rings. The second-order valence-electron chi connectivity index (χ2n) is 7.19. The van der Waals surface area contributed by atoms with E-state index < -0.39 is 0 Å². The highest BCUT2D eigenvalue weighted by Crippen LogP contribution is 2.33. The molecule has 0 aliphatic carbocycles. The molecule has 0 saturated carbocycles. The molecule has 0 saturated heterocycles. The lowest BCUT2D eigenvalue weighted by Gasteiger charge is -2.21. The highest BCUT2D eigenvalue weighted by atomic mass is 35.5. The first kappa shape index (κ1) is 23.4. The molecule has 3 rings (SSSR count). The number of nitrogens with zero attached hydrogens (tertiary/aromatic N) is 3. The van der Waals surface area contributed by atoms with Gasteiger partial charge in [0.2, 0.25) is 5.91 Å². The lowest BCUT2D eigenvalue weighted by Crippen LogP contribution is -2.33. The van der Waals surface area contributed by atoms with Crippen LogP contribution >= 0.6 is 46.3 Å². The van der Waals surface area contributed by atoms with Gasteiger partial charge in [-0.05, 0) is 75.6 Å². The van der Waals surface area contributed by atoms with E-state index in [1.165, 1.54) is 11.3 Å². The van der Waals surface area contributed by atoms with Crippen molar-refractivity contribution in [2.24, 2.45) is 0 Å². The van der Waals surface area contributed by atoms with Gasteiger partial charge in [-0.3, -0.25) is 9.69 Å². The summed E-state index contributed by atoms with van der Waals surface area (Å²) in [5.41, 5.74) is 0.767. The van der Waals surface area contributed by atoms with Crippen LogP contribution in [-0.4, -0.2) is 48.7 Å². The molecule has 0 N–H and O–H groups in total. The Morgan fingerprint density at radius 3 is 2.53 bits per heavy atom. The summed E-state index contributed by atoms with van der Waals surface area (Å²) in [6.45, 7) is 1.57. The van der Waals surface area contributed by atoms with E-state index in [4.69, 9.17) is 23.2 Å². The molecule has 1 amide bonds. The average molecular weight is 483 g/mol. The predicted octanol–water partition coefficient (Wildman–Crippen LogP) is 6.46. The van der Waals surface area contributed by atoms with Crippen LogP contribution in [0.4, 0.5) is 5.13 Å². The highest BCUT2D eigenvalue weighted by molar-refractivity contribution is 7.99. The van der Waals surface area contributed by atoms with Crippen LogP contribution in [0.15, 0.2) is 47.4 Å². The molecule has 1 heterocycles. The predicted molar refractivity (Wildman–Crippen MR) is 132 cm³/mol. The maximum atomic E-state index is 13.1. The largest absolute Gasteiger partial charge is 0.309 e. The Kier molecular flexibility index (Phi) is 8.84. The average Bonchev–Trinajstić information content (AvgIpc) is 3.15. The Bertz CT molecular complexity index is 976. The molecular weight excluding hydrogens is 457 g/mol. The Balaban J connectivity index is 1.63. The minimum atomic E-state index is 0.112. The number of aromatic nitrogens is 1. The molecule has 0 fully saturated rings. The maximum absolute atomic E-state index is 13.1. The zero-order valence-electron chi connectivity index (χ0n) is 17.1. The van der Waals surface area contributed by atoms with Crippen molar-refractivity contribution in [3.63, 3.8) is 0 Å². The van der Waals surface area contributed by atoms with Gasteiger partial charge in [0.15, 0.2) is 5.13 Å². The minimum Gasteiger partial charge on any atom is -0.309 e. The van der Waals surface area contributed by atoms with Crippen molar-refractivity contribution in [1.82, 2.24) is 9.88 Å². The molecule has 0 aliphatic heterocycles. The van der Waals surface area contributed by atoms with E-state index in [9.17, 15) is 4.79 Å². The summed E-state index contributed by atoms with van der Waals surface area (Å²) in [6.07, 6.45) is 2.19. The van der Waals surface area contributed by atoms with E-state index in [0.29, 0.717) is 18.0 Å². The summed E-state index contributed by atoms with van der Waals surface area (Å²) < 4.78 is 1.00. The van der Waals surface area contributed by atoms with Crippen LogP contribution in [0.3, 0.4) is 0 Å². The molecule has 4 nitrogen and oxygen atoms in total. The first-order valence-electron chi connectivity index (χ1n) is 9.82. The fourth-order valence-corrected chi connectivity index (χ4v) is 5.26. The number of anilines is 1. The smallest absolute Gasteiger partial charge is 0.228 e. The van der Waals surface area contributed by atoms with Crippen molar-refractivity contribution < 1.29 is 4.79 Å². The number of amides is 1. The van der Waals surface area contributed by atoms with Gasteiger partial charge in [-0.2, -0.15) is 0 Å². The first-order chi connectivity index (χ1) is 14.4. The molecule has 8 heteroatoms. The number of hydrogen-bond donors (Lipinski definition) is 0. The van der Waals surface area contributed by atoms with Gasteiger partial charge >= 0.3 is 0 Å². The van der Waals surface area contributed by atoms with E-state index in [2.05, 4.69) is 9.88 Å². The van der Waals surface area contributed by atoms with Gasteiger partial charge in [0.1, 0.15) is 5.52 Å². The number of carbonyl (C=O) groups is 1. The molecule has 0 unspecified atom stereocenters. The van der Waals surface area contributed by atoms with E-state index in [-0.39, 0.29) is 5.91 Å². The number of carbonyl (C=O) groups excluding carboxylic acids is 1. The van der Waals surface area contributed by atoms with Gasteiger partial charge in [-0.1, -0.05) is 40.6 Å². The van der Waals surface area contributed by atoms with Crippen molar-refractivity contribution in [2.45, 2.75) is 24.2 Å². The molecule has 0 spiro atoms. The van der Waals surface area contributed by atoms with Crippen LogP contribution in [0.2, 0.25) is 10.0 Å². The Morgan fingerprint density at radius 1 is 1.07 bits per heavy atom. The van der Waals surface area contributed by atoms with Gasteiger partial charge in [-0.25, -0.2) is 4.98 Å². The second kappa shape index (κ2) is 11.3. The number of para-hydroxylation sites is 1. The molecule has 0 bridgehead atoms. The number of benzene rings is 2. The second-order valence-corrected chi connectivity index (χ2v) is 10.2. The van der Waals surface area contributed by atoms with Crippen molar-refractivity contribution >= 4 is 67.6 Å². The number of thioether (sulfide) groups is 1. The minimum absolute atomic E-state index is 0.112. The summed E-state index contributed by atoms with van der Waals surface area (Å²) in [7, 11) is 4.08. The van der Waals surface area contributed by atoms with Crippen LogP contribution in [0, 0.1) is 0 Å². The third-order valence-electron chi connectivity index (χ3n) is 4.49. The Morgan fingerprint density at radius 2 is 1.83 bits per heavy atom. The number of thiazole rings is 1. The number of halogens is 2. The molecule has 0 atom stereocenters. The monoisotopic (exact) mass is 481 g/mol. The topological polar surface area (TPSA) is 36.4 Å². The SMILES string of the molecule is CN(C)CCCN(C(=O)CCCSc1ccc(Cl)cc1)c1nc2c(Cl)cccc2s1. The van der Waals surface area contributed by atoms with Crippen LogP contribution in [0.5, 0.6) is 0 Å². The number of rotatable bonds is 10. The molecule has 0 radical (unpaired) electrons. The fraction of sp³-hybridized carbons (Fsp3) is 0.364. The Hall–Kier alpha value is -1.31. The van der Waals surface area contributed by atoms with Crippen molar-refractivity contribution in [2.75, 3.05) is 37.8 Å². The van der Waals surface area contributed by atoms with Gasteiger partial charge in [0.05, 0.1) is 9.72 Å². The molecule has 160 valence electrons. The zero-order valence-corrected chi connectivity index (χ0v) is 20.3. The van der Waals surface area contributed by atoms with Gasteiger partial charge in [0.25, 0.3) is 0 Å². The van der Waals surface area contributed by atoms with Crippen molar-refractivity contribution in [3.8, 4) is 0 Å². The standard InChI is InChI=1S/C22H25Cl2N3OS2/c1-26(2)13-5-14-27(22-25-21-18(24)6-3-7-19(21)30-22)20(28)8-4-15-29-17-11-9-16(23)10-12-17/h3,6-7,9-12H,4-5,8,13-15H2,1-2H3. The number of fused-ring (bicyclic) bond motifs is 1. The molecular formula is C22H25Cl2N3OS2. The molecule has 30 heavy (non-hydrogen) atoms. The van der Waals surface area contributed by atoms with Crippen LogP contribution in [0.25, 0.3) is 10.2 Å². The summed E-state index contributed by atoms with van der Waals surface area (Å²) in [5, 5.41) is 2.08. The molecule has 1 aromatic heterocycles. The molecule has 2 aromatic carbocycles. The zero-order chi connectivity index (χ0) is 21.5. The van der Waals surface area contributed by atoms with Gasteiger partial charge in [-0.15, -0.1) is 11.8 Å². The van der Waals surface area contributed by atoms with Gasteiger partial charge in [0, 0.05) is 22.9 Å². The van der Waals surface area contributed by atoms with Crippen molar-refractivity contribution in [3.05, 3.63) is 52.5 Å². The van der Waals surface area contributed by atoms with E-state index >= 15 is 0 Å². The summed E-state index contributed by atoms with van der Waals surface area (Å²) in [6, 6.07) is 13.5. The highest BCUT2D eigenvalue weighted by Gasteiger charge is 2.20. The number of hydrogen-bond acceptors (Lipinski definition) is 5. The summed E-state index contributed by atoms with van der Waals surface area (Å²) in [5.74, 6) is 0.991. The third-order valence-corrected chi connectivity index (χ3v) is 7.19. The Labute approximate surface area is 196 Å². The fourth-order valence-electron chi connectivity index (χ4n) is 2.97. The van der Waals surface area contributed by atoms with Gasteiger partial charge < -0.3 is 4.90 Å². The molecule has 0 aliphatic rings. The van der Waals surface area contributed by atoms with Crippen LogP contribution in [0.1, 0.15) is 19.3 Å². The van der Waals surface area contributed by atoms with E-state index in [0.717, 1.165) is 50.4 Å². The van der Waals surface area contributed by atoms with Crippen LogP contribution < -0.4 is 4.90 Å². The van der Waals surface area contributed by atoms with E-state index in [1.54, 1.807) is 11.8 Å². The summed E-state index contributed by atoms with van der Waals surface area (Å²) in [4.78, 5) is 22.9. The normalized spacial score (nSPS) is 11.4. The third kappa shape index (κ3) is 6.59. The summed E-state index contributed by atoms with van der Waals surface area (Å²) >= 11 is 15.5. The maximum Gasteiger partial charge on any atom is 0.228 e. The first-order valence-corrected chi connectivity index (χ1v) is 12.4. The lowest BCUT2D eigenvalue weighted by atomic mass is 10.3. The van der Waals surface area contributed by atoms with E-state index in [1.807, 2.05) is 61.5 Å².